The molecule has 0 spiro atoms. The molecule has 1 aliphatic heterocycles. The van der Waals surface area contributed by atoms with Crippen molar-refractivity contribution in [3.05, 3.63) is 0 Å². The Kier molecular flexibility index (Phi) is 4.96. The quantitative estimate of drug-likeness (QED) is 0.393. The second-order valence-corrected chi connectivity index (χ2v) is 2.66. The Morgan fingerprint density at radius 2 is 1.91 bits per heavy atom. The van der Waals surface area contributed by atoms with Crippen molar-refractivity contribution in [2.24, 2.45) is 5.92 Å². The number of piperidine rings is 1. The lowest BCUT2D eigenvalue weighted by atomic mass is 9.95. The van der Waals surface area contributed by atoms with Gasteiger partial charge in [0.1, 0.15) is 0 Å². The summed E-state index contributed by atoms with van der Waals surface area (Å²) in [5.74, 6) is -0.219. The first-order valence-corrected chi connectivity index (χ1v) is 3.43. The fourth-order valence-corrected chi connectivity index (χ4v) is 1.14. The number of rotatable bonds is 1. The maximum Gasteiger partial charge on any atom is 0.0927 e. The topological polar surface area (TPSA) is 72.7 Å². The van der Waals surface area contributed by atoms with Gasteiger partial charge in [-0.25, -0.2) is 0 Å². The zero-order chi connectivity index (χ0) is 7.56. The van der Waals surface area contributed by atoms with E-state index < -0.39 is 12.2 Å². The number of hydrogen-bond donors (Lipinski definition) is 4. The van der Waals surface area contributed by atoms with Crippen LogP contribution in [0.3, 0.4) is 0 Å². The molecule has 11 heavy (non-hydrogen) atoms. The average molecular weight is 184 g/mol. The normalized spacial score (nSPS) is 37.9. The zero-order valence-electron chi connectivity index (χ0n) is 6.10. The predicted octanol–water partition coefficient (Wildman–Crippen LogP) is -1.66. The van der Waals surface area contributed by atoms with Crippen molar-refractivity contribution >= 4 is 12.4 Å². The van der Waals surface area contributed by atoms with Crippen LogP contribution in [0.1, 0.15) is 0 Å². The van der Waals surface area contributed by atoms with Gasteiger partial charge >= 0.3 is 0 Å². The van der Waals surface area contributed by atoms with Crippen molar-refractivity contribution in [3.63, 3.8) is 0 Å². The van der Waals surface area contributed by atoms with Gasteiger partial charge in [0.05, 0.1) is 12.2 Å². The van der Waals surface area contributed by atoms with Crippen LogP contribution in [0, 0.1) is 5.92 Å². The molecule has 1 heterocycles. The van der Waals surface area contributed by atoms with Crippen molar-refractivity contribution in [2.45, 2.75) is 12.2 Å². The molecule has 1 aliphatic rings. The van der Waals surface area contributed by atoms with Gasteiger partial charge in [-0.15, -0.1) is 12.4 Å². The highest BCUT2D eigenvalue weighted by Crippen LogP contribution is 2.10. The molecular weight excluding hydrogens is 170 g/mol. The smallest absolute Gasteiger partial charge is 0.0927 e. The standard InChI is InChI=1S/C6H13NO3.ClH/c8-3-4-1-7-2-5(9)6(4)10;/h4-10H,1-3H2;1H. The number of aliphatic hydroxyl groups is 3. The van der Waals surface area contributed by atoms with E-state index in [9.17, 15) is 5.11 Å². The Morgan fingerprint density at radius 1 is 1.27 bits per heavy atom. The Hall–Kier alpha value is 0.130. The zero-order valence-corrected chi connectivity index (χ0v) is 6.92. The van der Waals surface area contributed by atoms with Crippen LogP contribution in [0.2, 0.25) is 0 Å². The molecule has 5 heteroatoms. The van der Waals surface area contributed by atoms with Crippen LogP contribution >= 0.6 is 12.4 Å². The van der Waals surface area contributed by atoms with Crippen LogP contribution in [-0.4, -0.2) is 47.2 Å². The molecule has 1 rings (SSSR count). The molecule has 1 fully saturated rings. The summed E-state index contributed by atoms with van der Waals surface area (Å²) in [6, 6.07) is 0. The molecule has 0 saturated carbocycles. The Balaban J connectivity index is 0.000001000. The molecule has 3 atom stereocenters. The van der Waals surface area contributed by atoms with Crippen molar-refractivity contribution in [2.75, 3.05) is 19.7 Å². The first-order chi connectivity index (χ1) is 4.75. The molecule has 0 aromatic heterocycles. The molecule has 0 bridgehead atoms. The van der Waals surface area contributed by atoms with Gasteiger partial charge in [0.2, 0.25) is 0 Å². The molecule has 0 amide bonds. The first kappa shape index (κ1) is 11.1. The van der Waals surface area contributed by atoms with Crippen molar-refractivity contribution in [3.8, 4) is 0 Å². The summed E-state index contributed by atoms with van der Waals surface area (Å²) >= 11 is 0. The average Bonchev–Trinajstić information content (AvgIpc) is 1.95. The van der Waals surface area contributed by atoms with Crippen LogP contribution in [0.25, 0.3) is 0 Å². The van der Waals surface area contributed by atoms with Crippen LogP contribution in [0.15, 0.2) is 0 Å². The third kappa shape index (κ3) is 2.57. The highest BCUT2D eigenvalue weighted by molar-refractivity contribution is 5.85. The van der Waals surface area contributed by atoms with Gasteiger partial charge in [-0.3, -0.25) is 0 Å². The van der Waals surface area contributed by atoms with Crippen LogP contribution < -0.4 is 5.32 Å². The molecule has 0 aromatic carbocycles. The summed E-state index contributed by atoms with van der Waals surface area (Å²) in [6.45, 7) is 0.914. The van der Waals surface area contributed by atoms with E-state index in [4.69, 9.17) is 10.2 Å². The third-order valence-electron chi connectivity index (χ3n) is 1.87. The van der Waals surface area contributed by atoms with E-state index in [1.54, 1.807) is 0 Å². The third-order valence-corrected chi connectivity index (χ3v) is 1.87. The molecule has 0 aromatic rings. The van der Waals surface area contributed by atoms with Gasteiger partial charge < -0.3 is 20.6 Å². The van der Waals surface area contributed by atoms with Gasteiger partial charge in [0, 0.05) is 25.6 Å². The SMILES string of the molecule is Cl.OCC1CNCC(O)C1O. The van der Waals surface area contributed by atoms with Gasteiger partial charge in [0.15, 0.2) is 0 Å². The first-order valence-electron chi connectivity index (χ1n) is 3.43. The Bertz CT molecular complexity index is 114. The number of aliphatic hydroxyl groups excluding tert-OH is 3. The minimum absolute atomic E-state index is 0. The van der Waals surface area contributed by atoms with Gasteiger partial charge in [-0.05, 0) is 0 Å². The van der Waals surface area contributed by atoms with Gasteiger partial charge in [-0.1, -0.05) is 0 Å². The van der Waals surface area contributed by atoms with Crippen molar-refractivity contribution in [1.82, 2.24) is 5.32 Å². The van der Waals surface area contributed by atoms with E-state index in [2.05, 4.69) is 5.32 Å². The minimum Gasteiger partial charge on any atom is -0.396 e. The largest absolute Gasteiger partial charge is 0.396 e. The lowest BCUT2D eigenvalue weighted by molar-refractivity contribution is -0.0490. The maximum atomic E-state index is 9.19. The molecule has 4 nitrogen and oxygen atoms in total. The highest BCUT2D eigenvalue weighted by atomic mass is 35.5. The van der Waals surface area contributed by atoms with E-state index in [0.717, 1.165) is 0 Å². The fraction of sp³-hybridized carbons (Fsp3) is 1.00. The van der Waals surface area contributed by atoms with Crippen molar-refractivity contribution < 1.29 is 15.3 Å². The van der Waals surface area contributed by atoms with E-state index >= 15 is 0 Å². The number of nitrogens with one attached hydrogen (secondary N) is 1. The summed E-state index contributed by atoms with van der Waals surface area (Å²) in [4.78, 5) is 0. The molecule has 68 valence electrons. The molecular formula is C6H14ClNO3. The second-order valence-electron chi connectivity index (χ2n) is 2.66. The lowest BCUT2D eigenvalue weighted by Gasteiger charge is -2.30. The monoisotopic (exact) mass is 183 g/mol. The number of hydrogen-bond acceptors (Lipinski definition) is 4. The summed E-state index contributed by atoms with van der Waals surface area (Å²) in [5, 5.41) is 29.8. The fourth-order valence-electron chi connectivity index (χ4n) is 1.14. The van der Waals surface area contributed by atoms with Gasteiger partial charge in [0.25, 0.3) is 0 Å². The van der Waals surface area contributed by atoms with E-state index in [1.165, 1.54) is 0 Å². The molecule has 0 aliphatic carbocycles. The van der Waals surface area contributed by atoms with Crippen molar-refractivity contribution in [1.29, 1.82) is 0 Å². The highest BCUT2D eigenvalue weighted by Gasteiger charge is 2.29. The van der Waals surface area contributed by atoms with Crippen LogP contribution in [0.4, 0.5) is 0 Å². The predicted molar refractivity (Wildman–Crippen MR) is 42.7 cm³/mol. The second kappa shape index (κ2) is 4.90. The number of halogens is 1. The maximum absolute atomic E-state index is 9.19. The van der Waals surface area contributed by atoms with E-state index in [-0.39, 0.29) is 24.9 Å². The Labute approximate surface area is 71.6 Å². The molecule has 3 unspecified atom stereocenters. The number of β-amino-alcohol motifs (C(OH)–C–C–N with tert-alkyl or cyclic N) is 1. The molecule has 1 saturated heterocycles. The lowest BCUT2D eigenvalue weighted by Crippen LogP contribution is -2.51. The summed E-state index contributed by atoms with van der Waals surface area (Å²) < 4.78 is 0. The molecule has 4 N–H and O–H groups in total. The Morgan fingerprint density at radius 3 is 2.36 bits per heavy atom. The van der Waals surface area contributed by atoms with E-state index in [0.29, 0.717) is 13.1 Å². The van der Waals surface area contributed by atoms with Crippen LogP contribution in [-0.2, 0) is 0 Å². The summed E-state index contributed by atoms with van der Waals surface area (Å²) in [7, 11) is 0. The van der Waals surface area contributed by atoms with Crippen LogP contribution in [0.5, 0.6) is 0 Å². The molecule has 0 radical (unpaired) electrons. The summed E-state index contributed by atoms with van der Waals surface area (Å²) in [6.07, 6.45) is -1.50. The minimum atomic E-state index is -0.772. The van der Waals surface area contributed by atoms with Gasteiger partial charge in [-0.2, -0.15) is 0 Å². The summed E-state index contributed by atoms with van der Waals surface area (Å²) in [5.41, 5.74) is 0. The van der Waals surface area contributed by atoms with E-state index in [1.807, 2.05) is 0 Å².